The van der Waals surface area contributed by atoms with Crippen LogP contribution in [0, 0.1) is 0 Å². The molecule has 128 valence electrons. The van der Waals surface area contributed by atoms with Crippen LogP contribution in [-0.2, 0) is 0 Å². The summed E-state index contributed by atoms with van der Waals surface area (Å²) in [6.07, 6.45) is 3.29. The van der Waals surface area contributed by atoms with E-state index in [0.717, 1.165) is 11.1 Å². The zero-order valence-electron chi connectivity index (χ0n) is 12.7. The van der Waals surface area contributed by atoms with Gasteiger partial charge in [0.2, 0.25) is 5.95 Å². The summed E-state index contributed by atoms with van der Waals surface area (Å²) in [7, 11) is 0. The molecule has 8 heteroatoms. The van der Waals surface area contributed by atoms with E-state index in [4.69, 9.17) is 28.9 Å². The number of nitrogens with two attached hydrogens (primary N) is 1. The Bertz CT molecular complexity index is 863. The lowest BCUT2D eigenvalue weighted by molar-refractivity contribution is 0.102. The van der Waals surface area contributed by atoms with Gasteiger partial charge in [-0.3, -0.25) is 4.79 Å². The standard InChI is InChI=1S/C17H12Cl2N4O.ClH/c18-13-5-11(6-14(19)7-13)16(24)23-15-3-1-10(2-4-15)12-8-21-17(20)22-9-12;/h1-9H,(H,23,24)(H2,20,21,22);1H. The molecule has 1 amide bonds. The summed E-state index contributed by atoms with van der Waals surface area (Å²) in [5.41, 5.74) is 8.27. The molecule has 0 bridgehead atoms. The predicted molar refractivity (Wildman–Crippen MR) is 104 cm³/mol. The number of amides is 1. The number of hydrogen-bond acceptors (Lipinski definition) is 4. The quantitative estimate of drug-likeness (QED) is 0.673. The smallest absolute Gasteiger partial charge is 0.255 e. The molecule has 0 fully saturated rings. The van der Waals surface area contributed by atoms with Crippen LogP contribution in [0.4, 0.5) is 11.6 Å². The van der Waals surface area contributed by atoms with E-state index in [-0.39, 0.29) is 24.3 Å². The topological polar surface area (TPSA) is 80.9 Å². The molecule has 0 radical (unpaired) electrons. The Morgan fingerprint density at radius 3 is 2.04 bits per heavy atom. The molecule has 0 aliphatic carbocycles. The van der Waals surface area contributed by atoms with Gasteiger partial charge in [0.15, 0.2) is 0 Å². The molecule has 25 heavy (non-hydrogen) atoms. The minimum absolute atomic E-state index is 0. The highest BCUT2D eigenvalue weighted by molar-refractivity contribution is 6.35. The van der Waals surface area contributed by atoms with Crippen LogP contribution in [0.5, 0.6) is 0 Å². The molecule has 0 saturated heterocycles. The number of aromatic nitrogens is 2. The van der Waals surface area contributed by atoms with Crippen molar-refractivity contribution < 1.29 is 4.79 Å². The van der Waals surface area contributed by atoms with Crippen molar-refractivity contribution in [2.45, 2.75) is 0 Å². The van der Waals surface area contributed by atoms with Crippen LogP contribution in [0.1, 0.15) is 10.4 Å². The number of nitrogens with zero attached hydrogens (tertiary/aromatic N) is 2. The summed E-state index contributed by atoms with van der Waals surface area (Å²) in [6, 6.07) is 12.0. The van der Waals surface area contributed by atoms with Gasteiger partial charge in [-0.1, -0.05) is 35.3 Å². The third kappa shape index (κ3) is 4.82. The molecule has 0 unspecified atom stereocenters. The van der Waals surface area contributed by atoms with Crippen molar-refractivity contribution in [3.63, 3.8) is 0 Å². The molecule has 1 aromatic heterocycles. The summed E-state index contributed by atoms with van der Waals surface area (Å²) in [4.78, 5) is 20.2. The fourth-order valence-electron chi connectivity index (χ4n) is 2.12. The second kappa shape index (κ2) is 8.16. The van der Waals surface area contributed by atoms with Crippen molar-refractivity contribution in [1.29, 1.82) is 0 Å². The molecule has 1 heterocycles. The van der Waals surface area contributed by atoms with Crippen LogP contribution in [-0.4, -0.2) is 15.9 Å². The third-order valence-corrected chi connectivity index (χ3v) is 3.71. The highest BCUT2D eigenvalue weighted by Crippen LogP contribution is 2.22. The zero-order valence-corrected chi connectivity index (χ0v) is 15.1. The van der Waals surface area contributed by atoms with Gasteiger partial charge in [-0.2, -0.15) is 0 Å². The average molecular weight is 396 g/mol. The van der Waals surface area contributed by atoms with Crippen LogP contribution < -0.4 is 11.1 Å². The molecule has 0 saturated carbocycles. The first-order valence-corrected chi connectivity index (χ1v) is 7.72. The van der Waals surface area contributed by atoms with E-state index >= 15 is 0 Å². The Hall–Kier alpha value is -2.34. The molecule has 0 aliphatic rings. The lowest BCUT2D eigenvalue weighted by Gasteiger charge is -2.07. The van der Waals surface area contributed by atoms with Gasteiger partial charge >= 0.3 is 0 Å². The van der Waals surface area contributed by atoms with Crippen molar-refractivity contribution in [1.82, 2.24) is 9.97 Å². The fraction of sp³-hybridized carbons (Fsp3) is 0. The number of anilines is 2. The summed E-state index contributed by atoms with van der Waals surface area (Å²) < 4.78 is 0. The number of carbonyl (C=O) groups is 1. The molecule has 0 atom stereocenters. The number of benzene rings is 2. The van der Waals surface area contributed by atoms with Crippen molar-refractivity contribution >= 4 is 53.2 Å². The number of carbonyl (C=O) groups excluding carboxylic acids is 1. The Balaban J connectivity index is 0.00000225. The van der Waals surface area contributed by atoms with Crippen molar-refractivity contribution in [3.05, 3.63) is 70.5 Å². The second-order valence-corrected chi connectivity index (χ2v) is 5.89. The summed E-state index contributed by atoms with van der Waals surface area (Å²) in [5.74, 6) is -0.0641. The van der Waals surface area contributed by atoms with Crippen molar-refractivity contribution in [2.24, 2.45) is 0 Å². The van der Waals surface area contributed by atoms with E-state index in [1.165, 1.54) is 0 Å². The average Bonchev–Trinajstić information content (AvgIpc) is 2.55. The Kier molecular flexibility index (Phi) is 6.20. The van der Waals surface area contributed by atoms with E-state index in [1.807, 2.05) is 12.1 Å². The van der Waals surface area contributed by atoms with E-state index < -0.39 is 0 Å². The van der Waals surface area contributed by atoms with Crippen LogP contribution in [0.25, 0.3) is 11.1 Å². The third-order valence-electron chi connectivity index (χ3n) is 3.27. The monoisotopic (exact) mass is 394 g/mol. The highest BCUT2D eigenvalue weighted by atomic mass is 35.5. The number of nitrogen functional groups attached to an aromatic ring is 1. The maximum absolute atomic E-state index is 12.2. The Labute approximate surface area is 160 Å². The Morgan fingerprint density at radius 2 is 1.48 bits per heavy atom. The molecule has 0 spiro atoms. The van der Waals surface area contributed by atoms with Gasteiger partial charge in [-0.05, 0) is 35.9 Å². The molecule has 5 nitrogen and oxygen atoms in total. The fourth-order valence-corrected chi connectivity index (χ4v) is 2.65. The first-order valence-electron chi connectivity index (χ1n) is 6.97. The molecule has 2 aromatic carbocycles. The van der Waals surface area contributed by atoms with Crippen LogP contribution >= 0.6 is 35.6 Å². The van der Waals surface area contributed by atoms with Gasteiger partial charge in [0.1, 0.15) is 0 Å². The van der Waals surface area contributed by atoms with Gasteiger partial charge in [-0.15, -0.1) is 12.4 Å². The van der Waals surface area contributed by atoms with Gasteiger partial charge in [0.25, 0.3) is 5.91 Å². The predicted octanol–water partition coefficient (Wildman–Crippen LogP) is 4.71. The number of halogens is 3. The highest BCUT2D eigenvalue weighted by Gasteiger charge is 2.09. The van der Waals surface area contributed by atoms with Crippen LogP contribution in [0.3, 0.4) is 0 Å². The normalized spacial score (nSPS) is 10.0. The van der Waals surface area contributed by atoms with Gasteiger partial charge in [0, 0.05) is 39.3 Å². The number of rotatable bonds is 3. The van der Waals surface area contributed by atoms with Gasteiger partial charge < -0.3 is 11.1 Å². The molecular formula is C17H13Cl3N4O. The van der Waals surface area contributed by atoms with Gasteiger partial charge in [0.05, 0.1) is 0 Å². The summed E-state index contributed by atoms with van der Waals surface area (Å²) in [6.45, 7) is 0. The Morgan fingerprint density at radius 1 is 0.920 bits per heavy atom. The molecule has 3 rings (SSSR count). The minimum Gasteiger partial charge on any atom is -0.368 e. The van der Waals surface area contributed by atoms with Gasteiger partial charge in [-0.25, -0.2) is 9.97 Å². The van der Waals surface area contributed by atoms with E-state index in [2.05, 4.69) is 15.3 Å². The maximum Gasteiger partial charge on any atom is 0.255 e. The van der Waals surface area contributed by atoms with Crippen molar-refractivity contribution in [2.75, 3.05) is 11.1 Å². The van der Waals surface area contributed by atoms with E-state index in [1.54, 1.807) is 42.7 Å². The van der Waals surface area contributed by atoms with E-state index in [9.17, 15) is 4.79 Å². The lowest BCUT2D eigenvalue weighted by Crippen LogP contribution is -2.11. The first kappa shape index (κ1) is 19.0. The molecule has 0 aliphatic heterocycles. The van der Waals surface area contributed by atoms with Crippen molar-refractivity contribution in [3.8, 4) is 11.1 Å². The molecule has 3 N–H and O–H groups in total. The number of nitrogens with one attached hydrogen (secondary N) is 1. The molecule has 3 aromatic rings. The zero-order chi connectivity index (χ0) is 17.1. The lowest BCUT2D eigenvalue weighted by atomic mass is 10.1. The largest absolute Gasteiger partial charge is 0.368 e. The SMILES string of the molecule is Cl.Nc1ncc(-c2ccc(NC(=O)c3cc(Cl)cc(Cl)c3)cc2)cn1. The van der Waals surface area contributed by atoms with Crippen LogP contribution in [0.2, 0.25) is 10.0 Å². The first-order chi connectivity index (χ1) is 11.5. The number of hydrogen-bond donors (Lipinski definition) is 2. The van der Waals surface area contributed by atoms with E-state index in [0.29, 0.717) is 21.3 Å². The van der Waals surface area contributed by atoms with Crippen LogP contribution in [0.15, 0.2) is 54.9 Å². The second-order valence-electron chi connectivity index (χ2n) is 5.02. The summed E-state index contributed by atoms with van der Waals surface area (Å²) >= 11 is 11.8. The summed E-state index contributed by atoms with van der Waals surface area (Å²) in [5, 5.41) is 3.61. The minimum atomic E-state index is -0.289. The molecular weight excluding hydrogens is 383 g/mol. The maximum atomic E-state index is 12.2.